The molecule has 100 valence electrons. The van der Waals surface area contributed by atoms with Crippen molar-refractivity contribution in [2.45, 2.75) is 19.8 Å². The first-order valence-corrected chi connectivity index (χ1v) is 6.48. The van der Waals surface area contributed by atoms with Crippen LogP contribution < -0.4 is 5.32 Å². The van der Waals surface area contributed by atoms with Gasteiger partial charge in [-0.3, -0.25) is 4.79 Å². The smallest absolute Gasteiger partial charge is 0.236 e. The third kappa shape index (κ3) is 6.61. The fourth-order valence-electron chi connectivity index (χ4n) is 1.61. The summed E-state index contributed by atoms with van der Waals surface area (Å²) in [5.41, 5.74) is 0. The SMILES string of the molecule is CCCCOCCNCC(=O)N1CCOCC1. The summed E-state index contributed by atoms with van der Waals surface area (Å²) >= 11 is 0. The maximum atomic E-state index is 11.7. The topological polar surface area (TPSA) is 50.8 Å². The Morgan fingerprint density at radius 3 is 2.82 bits per heavy atom. The Hall–Kier alpha value is -0.650. The normalized spacial score (nSPS) is 16.2. The number of nitrogens with one attached hydrogen (secondary N) is 1. The van der Waals surface area contributed by atoms with E-state index in [9.17, 15) is 4.79 Å². The fraction of sp³-hybridized carbons (Fsp3) is 0.917. The van der Waals surface area contributed by atoms with Crippen LogP contribution in [0.2, 0.25) is 0 Å². The zero-order valence-electron chi connectivity index (χ0n) is 10.7. The van der Waals surface area contributed by atoms with E-state index in [2.05, 4.69) is 12.2 Å². The van der Waals surface area contributed by atoms with E-state index in [-0.39, 0.29) is 5.91 Å². The highest BCUT2D eigenvalue weighted by atomic mass is 16.5. The van der Waals surface area contributed by atoms with Crippen LogP contribution in [0.4, 0.5) is 0 Å². The third-order valence-electron chi connectivity index (χ3n) is 2.71. The summed E-state index contributed by atoms with van der Waals surface area (Å²) in [7, 11) is 0. The quantitative estimate of drug-likeness (QED) is 0.622. The molecule has 0 aliphatic carbocycles. The van der Waals surface area contributed by atoms with Gasteiger partial charge < -0.3 is 19.7 Å². The number of carbonyl (C=O) groups is 1. The molecule has 0 atom stereocenters. The highest BCUT2D eigenvalue weighted by molar-refractivity contribution is 5.78. The van der Waals surface area contributed by atoms with Crippen LogP contribution >= 0.6 is 0 Å². The molecule has 5 heteroatoms. The van der Waals surface area contributed by atoms with E-state index < -0.39 is 0 Å². The van der Waals surface area contributed by atoms with Crippen molar-refractivity contribution in [3.8, 4) is 0 Å². The standard InChI is InChI=1S/C12H24N2O3/c1-2-3-7-16-8-4-13-11-12(15)14-5-9-17-10-6-14/h13H,2-11H2,1H3. The first kappa shape index (κ1) is 14.4. The number of morpholine rings is 1. The molecule has 1 heterocycles. The second-order valence-electron chi connectivity index (χ2n) is 4.14. The predicted octanol–water partition coefficient (Wildman–Crippen LogP) is 0.252. The van der Waals surface area contributed by atoms with Crippen molar-refractivity contribution in [3.05, 3.63) is 0 Å². The maximum absolute atomic E-state index is 11.7. The Morgan fingerprint density at radius 2 is 2.12 bits per heavy atom. The van der Waals surface area contributed by atoms with Crippen molar-refractivity contribution in [2.24, 2.45) is 0 Å². The largest absolute Gasteiger partial charge is 0.380 e. The molecular formula is C12H24N2O3. The summed E-state index contributed by atoms with van der Waals surface area (Å²) in [6, 6.07) is 0. The van der Waals surface area contributed by atoms with Gasteiger partial charge in [-0.25, -0.2) is 0 Å². The average Bonchev–Trinajstić information content (AvgIpc) is 2.38. The van der Waals surface area contributed by atoms with Gasteiger partial charge in [0.15, 0.2) is 0 Å². The Labute approximate surface area is 103 Å². The van der Waals surface area contributed by atoms with Crippen LogP contribution in [0.1, 0.15) is 19.8 Å². The van der Waals surface area contributed by atoms with Crippen LogP contribution in [0.25, 0.3) is 0 Å². The molecule has 1 fully saturated rings. The summed E-state index contributed by atoms with van der Waals surface area (Å²) in [4.78, 5) is 13.5. The van der Waals surface area contributed by atoms with Gasteiger partial charge in [-0.2, -0.15) is 0 Å². The average molecular weight is 244 g/mol. The number of rotatable bonds is 8. The van der Waals surface area contributed by atoms with Crippen molar-refractivity contribution in [3.63, 3.8) is 0 Å². The van der Waals surface area contributed by atoms with Crippen LogP contribution in [0, 0.1) is 0 Å². The number of hydrogen-bond donors (Lipinski definition) is 1. The van der Waals surface area contributed by atoms with Gasteiger partial charge in [-0.05, 0) is 6.42 Å². The minimum atomic E-state index is 0.154. The summed E-state index contributed by atoms with van der Waals surface area (Å²) in [5.74, 6) is 0.154. The molecule has 1 rings (SSSR count). The van der Waals surface area contributed by atoms with Crippen molar-refractivity contribution < 1.29 is 14.3 Å². The molecule has 1 N–H and O–H groups in total. The summed E-state index contributed by atoms with van der Waals surface area (Å²) < 4.78 is 10.6. The van der Waals surface area contributed by atoms with Crippen molar-refractivity contribution in [1.29, 1.82) is 0 Å². The predicted molar refractivity (Wildman–Crippen MR) is 66.0 cm³/mol. The van der Waals surface area contributed by atoms with E-state index in [1.54, 1.807) is 0 Å². The van der Waals surface area contributed by atoms with Crippen LogP contribution in [0.5, 0.6) is 0 Å². The molecule has 1 amide bonds. The van der Waals surface area contributed by atoms with Crippen molar-refractivity contribution >= 4 is 5.91 Å². The van der Waals surface area contributed by atoms with Gasteiger partial charge in [0, 0.05) is 26.2 Å². The Balaban J connectivity index is 1.92. The highest BCUT2D eigenvalue weighted by Crippen LogP contribution is 1.96. The van der Waals surface area contributed by atoms with E-state index in [1.807, 2.05) is 4.90 Å². The third-order valence-corrected chi connectivity index (χ3v) is 2.71. The molecule has 0 aromatic rings. The minimum absolute atomic E-state index is 0.154. The number of ether oxygens (including phenoxy) is 2. The molecule has 0 spiro atoms. The second kappa shape index (κ2) is 9.39. The van der Waals surface area contributed by atoms with Gasteiger partial charge in [-0.15, -0.1) is 0 Å². The molecule has 0 aromatic heterocycles. The molecule has 0 aromatic carbocycles. The lowest BCUT2D eigenvalue weighted by Gasteiger charge is -2.26. The molecule has 5 nitrogen and oxygen atoms in total. The molecule has 1 aliphatic heterocycles. The Kier molecular flexibility index (Phi) is 7.96. The van der Waals surface area contributed by atoms with Gasteiger partial charge in [0.1, 0.15) is 0 Å². The summed E-state index contributed by atoms with van der Waals surface area (Å²) in [6.07, 6.45) is 2.26. The Bertz CT molecular complexity index is 206. The molecule has 17 heavy (non-hydrogen) atoms. The molecule has 0 unspecified atom stereocenters. The summed E-state index contributed by atoms with van der Waals surface area (Å²) in [6.45, 7) is 7.52. The van der Waals surface area contributed by atoms with Gasteiger partial charge >= 0.3 is 0 Å². The summed E-state index contributed by atoms with van der Waals surface area (Å²) in [5, 5.41) is 3.10. The van der Waals surface area contributed by atoms with E-state index >= 15 is 0 Å². The zero-order valence-corrected chi connectivity index (χ0v) is 10.7. The lowest BCUT2D eigenvalue weighted by molar-refractivity contribution is -0.134. The molecule has 0 saturated carbocycles. The van der Waals surface area contributed by atoms with E-state index in [1.165, 1.54) is 0 Å². The number of carbonyl (C=O) groups excluding carboxylic acids is 1. The highest BCUT2D eigenvalue weighted by Gasteiger charge is 2.15. The number of hydrogen-bond acceptors (Lipinski definition) is 4. The molecule has 1 saturated heterocycles. The Morgan fingerprint density at radius 1 is 1.35 bits per heavy atom. The van der Waals surface area contributed by atoms with E-state index in [0.29, 0.717) is 39.5 Å². The van der Waals surface area contributed by atoms with Gasteiger partial charge in [-0.1, -0.05) is 13.3 Å². The van der Waals surface area contributed by atoms with Gasteiger partial charge in [0.05, 0.1) is 26.4 Å². The number of amides is 1. The van der Waals surface area contributed by atoms with E-state index in [0.717, 1.165) is 26.0 Å². The van der Waals surface area contributed by atoms with Crippen LogP contribution in [0.3, 0.4) is 0 Å². The van der Waals surface area contributed by atoms with Gasteiger partial charge in [0.2, 0.25) is 5.91 Å². The molecule has 1 aliphatic rings. The minimum Gasteiger partial charge on any atom is -0.380 e. The van der Waals surface area contributed by atoms with Crippen molar-refractivity contribution in [2.75, 3.05) is 52.6 Å². The maximum Gasteiger partial charge on any atom is 0.236 e. The lowest BCUT2D eigenvalue weighted by atomic mass is 10.4. The fourth-order valence-corrected chi connectivity index (χ4v) is 1.61. The first-order chi connectivity index (χ1) is 8.34. The van der Waals surface area contributed by atoms with Crippen molar-refractivity contribution in [1.82, 2.24) is 10.2 Å². The lowest BCUT2D eigenvalue weighted by Crippen LogP contribution is -2.45. The number of nitrogens with zero attached hydrogens (tertiary/aromatic N) is 1. The van der Waals surface area contributed by atoms with Crippen LogP contribution in [-0.2, 0) is 14.3 Å². The second-order valence-corrected chi connectivity index (χ2v) is 4.14. The molecular weight excluding hydrogens is 220 g/mol. The molecule has 0 bridgehead atoms. The van der Waals surface area contributed by atoms with Crippen LogP contribution in [0.15, 0.2) is 0 Å². The van der Waals surface area contributed by atoms with Gasteiger partial charge in [0.25, 0.3) is 0 Å². The first-order valence-electron chi connectivity index (χ1n) is 6.48. The number of unbranched alkanes of at least 4 members (excludes halogenated alkanes) is 1. The monoisotopic (exact) mass is 244 g/mol. The van der Waals surface area contributed by atoms with E-state index in [4.69, 9.17) is 9.47 Å². The molecule has 0 radical (unpaired) electrons. The van der Waals surface area contributed by atoms with Crippen LogP contribution in [-0.4, -0.2) is 63.4 Å². The zero-order chi connectivity index (χ0) is 12.3.